The molecule has 3 nitrogen and oxygen atoms in total. The number of ether oxygens (including phenoxy) is 1. The minimum absolute atomic E-state index is 0.449. The van der Waals surface area contributed by atoms with Crippen LogP contribution >= 0.6 is 43.5 Å². The molecule has 2 aromatic rings. The van der Waals surface area contributed by atoms with Crippen molar-refractivity contribution in [1.82, 2.24) is 9.78 Å². The average Bonchev–Trinajstić information content (AvgIpc) is 2.71. The molecule has 1 heterocycles. The van der Waals surface area contributed by atoms with E-state index in [1.54, 1.807) is 0 Å². The number of aromatic nitrogens is 2. The molecule has 0 aliphatic rings. The van der Waals surface area contributed by atoms with Crippen molar-refractivity contribution >= 4 is 43.5 Å². The minimum atomic E-state index is 0.449. The van der Waals surface area contributed by atoms with Gasteiger partial charge in [-0.15, -0.1) is 0 Å². The monoisotopic (exact) mass is 420 g/mol. The van der Waals surface area contributed by atoms with Crippen molar-refractivity contribution < 1.29 is 4.74 Å². The molecule has 0 radical (unpaired) electrons. The second kappa shape index (κ2) is 6.96. The SMILES string of the molecule is CCc1nn(C)c(COc2cccc(Cl)c2CBr)c1Br. The zero-order valence-corrected chi connectivity index (χ0v) is 15.2. The molecule has 0 unspecified atom stereocenters. The molecule has 0 aliphatic carbocycles. The average molecular weight is 423 g/mol. The van der Waals surface area contributed by atoms with Crippen molar-refractivity contribution in [3.63, 3.8) is 0 Å². The van der Waals surface area contributed by atoms with Gasteiger partial charge in [0.15, 0.2) is 0 Å². The summed E-state index contributed by atoms with van der Waals surface area (Å²) < 4.78 is 8.78. The van der Waals surface area contributed by atoms with Crippen LogP contribution in [0.4, 0.5) is 0 Å². The van der Waals surface area contributed by atoms with Crippen molar-refractivity contribution in [3.8, 4) is 5.75 Å². The van der Waals surface area contributed by atoms with E-state index in [-0.39, 0.29) is 0 Å². The second-order valence-electron chi connectivity index (χ2n) is 4.32. The molecule has 0 N–H and O–H groups in total. The van der Waals surface area contributed by atoms with E-state index in [2.05, 4.69) is 43.9 Å². The Morgan fingerprint density at radius 3 is 2.75 bits per heavy atom. The van der Waals surface area contributed by atoms with Crippen molar-refractivity contribution in [2.24, 2.45) is 7.05 Å². The fraction of sp³-hybridized carbons (Fsp3) is 0.357. The molecule has 0 saturated carbocycles. The van der Waals surface area contributed by atoms with Gasteiger partial charge in [-0.05, 0) is 34.5 Å². The first-order chi connectivity index (χ1) is 9.58. The summed E-state index contributed by atoms with van der Waals surface area (Å²) in [6.45, 7) is 2.53. The highest BCUT2D eigenvalue weighted by atomic mass is 79.9. The number of halogens is 3. The molecule has 6 heteroatoms. The summed E-state index contributed by atoms with van der Waals surface area (Å²) in [4.78, 5) is 0. The first-order valence-corrected chi connectivity index (χ1v) is 8.54. The summed E-state index contributed by atoms with van der Waals surface area (Å²) in [5.41, 5.74) is 3.02. The van der Waals surface area contributed by atoms with E-state index in [1.165, 1.54) is 0 Å². The highest BCUT2D eigenvalue weighted by Crippen LogP contribution is 2.30. The Kier molecular flexibility index (Phi) is 5.52. The normalized spacial score (nSPS) is 10.8. The topological polar surface area (TPSA) is 27.1 Å². The van der Waals surface area contributed by atoms with Crippen LogP contribution in [0.25, 0.3) is 0 Å². The summed E-state index contributed by atoms with van der Waals surface area (Å²) in [5.74, 6) is 0.792. The van der Waals surface area contributed by atoms with Gasteiger partial charge in [0.25, 0.3) is 0 Å². The molecular formula is C14H15Br2ClN2O. The summed E-state index contributed by atoms with van der Waals surface area (Å²) >= 11 is 13.2. The van der Waals surface area contributed by atoms with Crippen LogP contribution in [0, 0.1) is 0 Å². The van der Waals surface area contributed by atoms with E-state index in [0.717, 1.165) is 33.6 Å². The van der Waals surface area contributed by atoms with Gasteiger partial charge in [0.2, 0.25) is 0 Å². The highest BCUT2D eigenvalue weighted by molar-refractivity contribution is 9.10. The van der Waals surface area contributed by atoms with Crippen LogP contribution < -0.4 is 4.74 Å². The molecule has 0 fully saturated rings. The molecule has 0 amide bonds. The van der Waals surface area contributed by atoms with Crippen LogP contribution in [0.15, 0.2) is 22.7 Å². The van der Waals surface area contributed by atoms with Crippen molar-refractivity contribution in [3.05, 3.63) is 44.6 Å². The predicted molar refractivity (Wildman–Crippen MR) is 88.7 cm³/mol. The molecule has 0 bridgehead atoms. The van der Waals surface area contributed by atoms with Crippen LogP contribution in [0.5, 0.6) is 5.75 Å². The van der Waals surface area contributed by atoms with Gasteiger partial charge in [-0.1, -0.05) is 40.5 Å². The molecule has 1 aromatic heterocycles. The molecule has 0 aliphatic heterocycles. The molecule has 1 aromatic carbocycles. The third-order valence-electron chi connectivity index (χ3n) is 3.08. The van der Waals surface area contributed by atoms with Gasteiger partial charge in [0, 0.05) is 23.0 Å². The molecule has 20 heavy (non-hydrogen) atoms. The van der Waals surface area contributed by atoms with Crippen molar-refractivity contribution in [2.45, 2.75) is 25.3 Å². The Bertz CT molecular complexity index is 613. The van der Waals surface area contributed by atoms with Gasteiger partial charge < -0.3 is 4.74 Å². The molecule has 0 saturated heterocycles. The van der Waals surface area contributed by atoms with Crippen LogP contribution in [0.2, 0.25) is 5.02 Å². The van der Waals surface area contributed by atoms with Gasteiger partial charge in [0.05, 0.1) is 15.9 Å². The summed E-state index contributed by atoms with van der Waals surface area (Å²) in [6.07, 6.45) is 0.887. The quantitative estimate of drug-likeness (QED) is 0.643. The van der Waals surface area contributed by atoms with E-state index in [9.17, 15) is 0 Å². The number of aryl methyl sites for hydroxylation is 2. The van der Waals surface area contributed by atoms with Gasteiger partial charge >= 0.3 is 0 Å². The lowest BCUT2D eigenvalue weighted by atomic mass is 10.2. The Hall–Kier alpha value is -0.520. The number of hydrogen-bond acceptors (Lipinski definition) is 2. The fourth-order valence-electron chi connectivity index (χ4n) is 1.93. The lowest BCUT2D eigenvalue weighted by Gasteiger charge is -2.11. The maximum atomic E-state index is 6.16. The smallest absolute Gasteiger partial charge is 0.131 e. The zero-order valence-electron chi connectivity index (χ0n) is 11.3. The standard InChI is InChI=1S/C14H15Br2ClN2O/c1-3-11-14(16)12(19(2)18-11)8-20-13-6-4-5-10(17)9(13)7-15/h4-6H,3,7-8H2,1-2H3. The van der Waals surface area contributed by atoms with Crippen LogP contribution in [-0.4, -0.2) is 9.78 Å². The van der Waals surface area contributed by atoms with E-state index in [4.69, 9.17) is 16.3 Å². The van der Waals surface area contributed by atoms with Crippen LogP contribution in [0.3, 0.4) is 0 Å². The predicted octanol–water partition coefficient (Wildman–Crippen LogP) is 4.87. The van der Waals surface area contributed by atoms with Crippen molar-refractivity contribution in [1.29, 1.82) is 0 Å². The van der Waals surface area contributed by atoms with Gasteiger partial charge in [-0.2, -0.15) is 5.10 Å². The van der Waals surface area contributed by atoms with Gasteiger partial charge in [-0.25, -0.2) is 0 Å². The lowest BCUT2D eigenvalue weighted by Crippen LogP contribution is -2.04. The van der Waals surface area contributed by atoms with E-state index in [0.29, 0.717) is 17.0 Å². The molecular weight excluding hydrogens is 407 g/mol. The molecule has 0 atom stereocenters. The largest absolute Gasteiger partial charge is 0.487 e. The maximum Gasteiger partial charge on any atom is 0.131 e. The Morgan fingerprint density at radius 1 is 1.40 bits per heavy atom. The number of nitrogens with zero attached hydrogens (tertiary/aromatic N) is 2. The second-order valence-corrected chi connectivity index (χ2v) is 6.08. The third kappa shape index (κ3) is 3.21. The van der Waals surface area contributed by atoms with Gasteiger partial charge in [-0.3, -0.25) is 4.68 Å². The van der Waals surface area contributed by atoms with Crippen molar-refractivity contribution in [2.75, 3.05) is 0 Å². The fourth-order valence-corrected chi connectivity index (χ4v) is 3.63. The van der Waals surface area contributed by atoms with E-state index < -0.39 is 0 Å². The number of rotatable bonds is 5. The molecule has 108 valence electrons. The minimum Gasteiger partial charge on any atom is -0.487 e. The summed E-state index contributed by atoms with van der Waals surface area (Å²) in [7, 11) is 1.92. The highest BCUT2D eigenvalue weighted by Gasteiger charge is 2.14. The van der Waals surface area contributed by atoms with Crippen LogP contribution in [-0.2, 0) is 25.4 Å². The lowest BCUT2D eigenvalue weighted by molar-refractivity contribution is 0.292. The summed E-state index contributed by atoms with van der Waals surface area (Å²) in [5, 5.41) is 5.82. The number of alkyl halides is 1. The first kappa shape index (κ1) is 15.9. The Balaban J connectivity index is 2.21. The zero-order chi connectivity index (χ0) is 14.7. The van der Waals surface area contributed by atoms with Gasteiger partial charge in [0.1, 0.15) is 12.4 Å². The Labute approximate surface area is 140 Å². The van der Waals surface area contributed by atoms with E-state index >= 15 is 0 Å². The van der Waals surface area contributed by atoms with E-state index in [1.807, 2.05) is 29.9 Å². The first-order valence-electron chi connectivity index (χ1n) is 6.24. The summed E-state index contributed by atoms with van der Waals surface area (Å²) in [6, 6.07) is 5.67. The maximum absolute atomic E-state index is 6.16. The number of hydrogen-bond donors (Lipinski definition) is 0. The van der Waals surface area contributed by atoms with Crippen LogP contribution in [0.1, 0.15) is 23.9 Å². The third-order valence-corrected chi connectivity index (χ3v) is 4.91. The molecule has 0 spiro atoms. The molecule has 2 rings (SSSR count). The Morgan fingerprint density at radius 2 is 2.15 bits per heavy atom. The number of benzene rings is 1.